The Labute approximate surface area is 159 Å². The van der Waals surface area contributed by atoms with Gasteiger partial charge in [-0.3, -0.25) is 9.59 Å². The monoisotopic (exact) mass is 373 g/mol. The highest BCUT2D eigenvalue weighted by Gasteiger charge is 2.36. The van der Waals surface area contributed by atoms with E-state index < -0.39 is 5.41 Å². The fraction of sp³-hybridized carbons (Fsp3) is 0.300. The SMILES string of the molecule is Cc1cc(Cl)ccc1NC(=O)C(C)(C)C(=O)Nc1ccc(N(C)C)cc1. The second kappa shape index (κ2) is 7.79. The van der Waals surface area contributed by atoms with E-state index in [0.717, 1.165) is 11.3 Å². The van der Waals surface area contributed by atoms with Crippen molar-refractivity contribution in [1.82, 2.24) is 0 Å². The zero-order valence-electron chi connectivity index (χ0n) is 15.7. The fourth-order valence-corrected chi connectivity index (χ4v) is 2.51. The van der Waals surface area contributed by atoms with Crippen LogP contribution in [0.5, 0.6) is 0 Å². The van der Waals surface area contributed by atoms with Crippen LogP contribution in [0.2, 0.25) is 5.02 Å². The molecule has 0 saturated carbocycles. The van der Waals surface area contributed by atoms with Gasteiger partial charge in [-0.15, -0.1) is 0 Å². The van der Waals surface area contributed by atoms with Crippen molar-refractivity contribution in [2.45, 2.75) is 20.8 Å². The summed E-state index contributed by atoms with van der Waals surface area (Å²) in [6, 6.07) is 12.6. The molecule has 0 spiro atoms. The molecule has 26 heavy (non-hydrogen) atoms. The lowest BCUT2D eigenvalue weighted by Crippen LogP contribution is -2.41. The minimum absolute atomic E-state index is 0.376. The summed E-state index contributed by atoms with van der Waals surface area (Å²) in [5, 5.41) is 6.20. The lowest BCUT2D eigenvalue weighted by molar-refractivity contribution is -0.135. The van der Waals surface area contributed by atoms with E-state index in [4.69, 9.17) is 11.6 Å². The molecule has 6 heteroatoms. The number of nitrogens with one attached hydrogen (secondary N) is 2. The highest BCUT2D eigenvalue weighted by Crippen LogP contribution is 2.25. The zero-order chi connectivity index (χ0) is 19.5. The number of carbonyl (C=O) groups excluding carboxylic acids is 2. The van der Waals surface area contributed by atoms with E-state index in [-0.39, 0.29) is 11.8 Å². The molecule has 0 unspecified atom stereocenters. The van der Waals surface area contributed by atoms with Crippen molar-refractivity contribution in [3.8, 4) is 0 Å². The van der Waals surface area contributed by atoms with Crippen LogP contribution in [0.4, 0.5) is 17.1 Å². The molecule has 0 atom stereocenters. The standard InChI is InChI=1S/C20H24ClN3O2/c1-13-12-14(21)6-11-17(13)23-19(26)20(2,3)18(25)22-15-7-9-16(10-8-15)24(4)5/h6-12H,1-5H3,(H,22,25)(H,23,26). The highest BCUT2D eigenvalue weighted by atomic mass is 35.5. The van der Waals surface area contributed by atoms with E-state index >= 15 is 0 Å². The van der Waals surface area contributed by atoms with Crippen LogP contribution < -0.4 is 15.5 Å². The Morgan fingerprint density at radius 3 is 2.08 bits per heavy atom. The highest BCUT2D eigenvalue weighted by molar-refractivity contribution is 6.30. The first kappa shape index (κ1) is 19.8. The van der Waals surface area contributed by atoms with E-state index in [0.29, 0.717) is 16.4 Å². The summed E-state index contributed by atoms with van der Waals surface area (Å²) >= 11 is 5.93. The Morgan fingerprint density at radius 2 is 1.54 bits per heavy atom. The van der Waals surface area contributed by atoms with Gasteiger partial charge in [0.15, 0.2) is 0 Å². The molecule has 2 amide bonds. The third kappa shape index (κ3) is 4.55. The molecule has 0 bridgehead atoms. The first-order valence-corrected chi connectivity index (χ1v) is 8.65. The molecule has 0 aliphatic rings. The van der Waals surface area contributed by atoms with Gasteiger partial charge in [0.25, 0.3) is 0 Å². The molecule has 5 nitrogen and oxygen atoms in total. The molecule has 0 radical (unpaired) electrons. The first-order valence-electron chi connectivity index (χ1n) is 8.27. The van der Waals surface area contributed by atoms with Crippen LogP contribution >= 0.6 is 11.6 Å². The molecule has 2 aromatic carbocycles. The van der Waals surface area contributed by atoms with Crippen LogP contribution in [0.25, 0.3) is 0 Å². The Balaban J connectivity index is 2.09. The summed E-state index contributed by atoms with van der Waals surface area (Å²) in [7, 11) is 3.89. The van der Waals surface area contributed by atoms with Gasteiger partial charge >= 0.3 is 0 Å². The Kier molecular flexibility index (Phi) is 5.93. The molecule has 138 valence electrons. The summed E-state index contributed by atoms with van der Waals surface area (Å²) in [5.74, 6) is -0.760. The molecule has 0 aliphatic carbocycles. The lowest BCUT2D eigenvalue weighted by atomic mass is 9.90. The average Bonchev–Trinajstić information content (AvgIpc) is 2.57. The van der Waals surface area contributed by atoms with E-state index in [1.807, 2.05) is 50.2 Å². The van der Waals surface area contributed by atoms with E-state index in [1.165, 1.54) is 0 Å². The molecular weight excluding hydrogens is 350 g/mol. The number of rotatable bonds is 5. The molecule has 0 aliphatic heterocycles. The van der Waals surface area contributed by atoms with Crippen molar-refractivity contribution in [1.29, 1.82) is 0 Å². The van der Waals surface area contributed by atoms with Crippen LogP contribution in [-0.4, -0.2) is 25.9 Å². The number of hydrogen-bond donors (Lipinski definition) is 2. The average molecular weight is 374 g/mol. The quantitative estimate of drug-likeness (QED) is 0.767. The molecule has 0 aromatic heterocycles. The third-order valence-corrected chi connectivity index (χ3v) is 4.45. The maximum Gasteiger partial charge on any atom is 0.239 e. The van der Waals surface area contributed by atoms with Crippen molar-refractivity contribution in [3.05, 3.63) is 53.1 Å². The van der Waals surface area contributed by atoms with E-state index in [2.05, 4.69) is 10.6 Å². The molecule has 2 N–H and O–H groups in total. The predicted octanol–water partition coefficient (Wildman–Crippen LogP) is 4.32. The smallest absolute Gasteiger partial charge is 0.239 e. The second-order valence-electron chi connectivity index (χ2n) is 6.93. The largest absolute Gasteiger partial charge is 0.378 e. The van der Waals surface area contributed by atoms with Crippen molar-refractivity contribution in [2.75, 3.05) is 29.6 Å². The molecule has 0 fully saturated rings. The maximum atomic E-state index is 12.6. The molecule has 2 aromatic rings. The summed E-state index contributed by atoms with van der Waals surface area (Å²) in [6.45, 7) is 5.04. The number of carbonyl (C=O) groups is 2. The van der Waals surface area contributed by atoms with Crippen LogP contribution in [0.1, 0.15) is 19.4 Å². The van der Waals surface area contributed by atoms with Crippen molar-refractivity contribution in [2.24, 2.45) is 5.41 Å². The first-order chi connectivity index (χ1) is 12.1. The van der Waals surface area contributed by atoms with Crippen LogP contribution in [0, 0.1) is 12.3 Å². The van der Waals surface area contributed by atoms with Crippen molar-refractivity contribution in [3.63, 3.8) is 0 Å². The fourth-order valence-electron chi connectivity index (χ4n) is 2.28. The van der Waals surface area contributed by atoms with Gasteiger partial charge in [0.1, 0.15) is 5.41 Å². The van der Waals surface area contributed by atoms with E-state index in [9.17, 15) is 9.59 Å². The Hall–Kier alpha value is -2.53. The number of anilines is 3. The van der Waals surface area contributed by atoms with Gasteiger partial charge in [-0.2, -0.15) is 0 Å². The van der Waals surface area contributed by atoms with Gasteiger partial charge in [0.2, 0.25) is 11.8 Å². The van der Waals surface area contributed by atoms with Gasteiger partial charge in [0, 0.05) is 36.2 Å². The number of nitrogens with zero attached hydrogens (tertiary/aromatic N) is 1. The minimum atomic E-state index is -1.24. The van der Waals surface area contributed by atoms with Crippen molar-refractivity contribution >= 4 is 40.5 Å². The minimum Gasteiger partial charge on any atom is -0.378 e. The number of halogens is 1. The summed E-state index contributed by atoms with van der Waals surface area (Å²) < 4.78 is 0. The van der Waals surface area contributed by atoms with E-state index in [1.54, 1.807) is 32.0 Å². The number of aryl methyl sites for hydroxylation is 1. The summed E-state index contributed by atoms with van der Waals surface area (Å²) in [5.41, 5.74) is 1.89. The van der Waals surface area contributed by atoms with Gasteiger partial charge in [-0.05, 0) is 68.8 Å². The molecule has 2 rings (SSSR count). The van der Waals surface area contributed by atoms with Crippen LogP contribution in [-0.2, 0) is 9.59 Å². The number of benzene rings is 2. The maximum absolute atomic E-state index is 12.6. The van der Waals surface area contributed by atoms with Gasteiger partial charge < -0.3 is 15.5 Å². The van der Waals surface area contributed by atoms with Gasteiger partial charge in [-0.1, -0.05) is 11.6 Å². The van der Waals surface area contributed by atoms with Gasteiger partial charge in [0.05, 0.1) is 0 Å². The molecular formula is C20H24ClN3O2. The summed E-state index contributed by atoms with van der Waals surface area (Å²) in [4.78, 5) is 27.2. The number of hydrogen-bond acceptors (Lipinski definition) is 3. The van der Waals surface area contributed by atoms with Crippen LogP contribution in [0.15, 0.2) is 42.5 Å². The Morgan fingerprint density at radius 1 is 0.962 bits per heavy atom. The summed E-state index contributed by atoms with van der Waals surface area (Å²) in [6.07, 6.45) is 0. The molecule has 0 heterocycles. The lowest BCUT2D eigenvalue weighted by Gasteiger charge is -2.23. The topological polar surface area (TPSA) is 61.4 Å². The van der Waals surface area contributed by atoms with Gasteiger partial charge in [-0.25, -0.2) is 0 Å². The van der Waals surface area contributed by atoms with Crippen molar-refractivity contribution < 1.29 is 9.59 Å². The predicted molar refractivity (Wildman–Crippen MR) is 108 cm³/mol. The van der Waals surface area contributed by atoms with Crippen LogP contribution in [0.3, 0.4) is 0 Å². The normalized spacial score (nSPS) is 11.0. The number of amides is 2. The molecule has 0 saturated heterocycles. The third-order valence-electron chi connectivity index (χ3n) is 4.21. The zero-order valence-corrected chi connectivity index (χ0v) is 16.4. The second-order valence-corrected chi connectivity index (χ2v) is 7.37. The Bertz CT molecular complexity index is 814.